The molecule has 2 aromatic carbocycles. The molecule has 8 nitrogen and oxygen atoms in total. The Hall–Kier alpha value is -3.46. The van der Waals surface area contributed by atoms with Gasteiger partial charge in [-0.2, -0.15) is 0 Å². The van der Waals surface area contributed by atoms with Crippen molar-refractivity contribution in [1.29, 1.82) is 0 Å². The highest BCUT2D eigenvalue weighted by Crippen LogP contribution is 2.43. The van der Waals surface area contributed by atoms with Crippen LogP contribution in [0.5, 0.6) is 11.6 Å². The van der Waals surface area contributed by atoms with Crippen LogP contribution in [0.3, 0.4) is 0 Å². The van der Waals surface area contributed by atoms with Gasteiger partial charge in [0.1, 0.15) is 5.75 Å². The van der Waals surface area contributed by atoms with E-state index in [4.69, 9.17) is 4.74 Å². The molecule has 1 atom stereocenters. The Morgan fingerprint density at radius 1 is 1.19 bits per heavy atom. The largest absolute Gasteiger partial charge is 0.854 e. The first kappa shape index (κ1) is 21.8. The first-order valence-corrected chi connectivity index (χ1v) is 11.1. The van der Waals surface area contributed by atoms with Crippen molar-refractivity contribution in [2.24, 2.45) is 0 Å². The highest BCUT2D eigenvalue weighted by molar-refractivity contribution is 7.99. The summed E-state index contributed by atoms with van der Waals surface area (Å²) in [4.78, 5) is 30.5. The molecule has 0 saturated carbocycles. The minimum atomic E-state index is -0.835. The van der Waals surface area contributed by atoms with E-state index in [2.05, 4.69) is 10.1 Å². The van der Waals surface area contributed by atoms with E-state index >= 15 is 0 Å². The number of aromatic nitrogens is 3. The number of thioether (sulfide) groups is 1. The molecule has 32 heavy (non-hydrogen) atoms. The minimum absolute atomic E-state index is 0.244. The molecule has 2 heterocycles. The van der Waals surface area contributed by atoms with Crippen LogP contribution in [-0.2, 0) is 9.59 Å². The Balaban J connectivity index is 2.08. The van der Waals surface area contributed by atoms with Crippen LogP contribution in [0, 0.1) is 6.92 Å². The van der Waals surface area contributed by atoms with Gasteiger partial charge in [-0.05, 0) is 36.4 Å². The van der Waals surface area contributed by atoms with E-state index in [1.54, 1.807) is 35.2 Å². The number of carbonyl (C=O) groups excluding carboxylic acids is 2. The van der Waals surface area contributed by atoms with Crippen molar-refractivity contribution >= 4 is 29.3 Å². The monoisotopic (exact) mass is 450 g/mol. The molecular formula is C23H22N4O4S. The molecule has 0 saturated heterocycles. The van der Waals surface area contributed by atoms with Crippen molar-refractivity contribution in [2.75, 3.05) is 10.7 Å². The third kappa shape index (κ3) is 3.69. The molecule has 1 aromatic heterocycles. The molecule has 0 aliphatic carbocycles. The number of hydrogen-bond acceptors (Lipinski definition) is 7. The van der Waals surface area contributed by atoms with Crippen LogP contribution < -0.4 is 19.4 Å². The van der Waals surface area contributed by atoms with Crippen molar-refractivity contribution in [1.82, 2.24) is 10.1 Å². The molecule has 0 N–H and O–H groups in total. The van der Waals surface area contributed by atoms with Crippen LogP contribution in [0.4, 0.5) is 5.69 Å². The van der Waals surface area contributed by atoms with Crippen LogP contribution in [-0.4, -0.2) is 27.7 Å². The Morgan fingerprint density at radius 2 is 1.94 bits per heavy atom. The maximum atomic E-state index is 13.1. The Kier molecular flexibility index (Phi) is 5.84. The summed E-state index contributed by atoms with van der Waals surface area (Å²) >= 11 is 1.34. The summed E-state index contributed by atoms with van der Waals surface area (Å²) in [6.45, 7) is 6.54. The van der Waals surface area contributed by atoms with Gasteiger partial charge < -0.3 is 9.84 Å². The first-order chi connectivity index (χ1) is 15.3. The Labute approximate surface area is 189 Å². The van der Waals surface area contributed by atoms with Gasteiger partial charge in [-0.25, -0.2) is 9.88 Å². The van der Waals surface area contributed by atoms with Gasteiger partial charge in [-0.1, -0.05) is 47.6 Å². The average Bonchev–Trinajstić information content (AvgIpc) is 2.74. The number of amides is 1. The summed E-state index contributed by atoms with van der Waals surface area (Å²) in [5, 5.41) is 18.1. The van der Waals surface area contributed by atoms with Gasteiger partial charge in [0, 0.05) is 18.9 Å². The molecule has 0 radical (unpaired) electrons. The fourth-order valence-corrected chi connectivity index (χ4v) is 4.46. The van der Waals surface area contributed by atoms with Crippen molar-refractivity contribution in [3.8, 4) is 22.9 Å². The molecule has 164 valence electrons. The standard InChI is InChI=1S/C23H22N4O4S/c1-5-32-23-24-21(30)19-16-10-6-7-12-18(16)26(14(3)28)22(27(19)25-23)17-11-8-9-13(2)20(17)31-15(4)29/h6-12,22H,5H2,1-4H3. The Morgan fingerprint density at radius 3 is 2.62 bits per heavy atom. The van der Waals surface area contributed by atoms with E-state index in [-0.39, 0.29) is 11.6 Å². The fourth-order valence-electron chi connectivity index (χ4n) is 3.91. The normalized spacial score (nSPS) is 14.5. The summed E-state index contributed by atoms with van der Waals surface area (Å²) in [7, 11) is 0. The maximum Gasteiger partial charge on any atom is 0.308 e. The molecule has 9 heteroatoms. The molecule has 0 fully saturated rings. The predicted octanol–water partition coefficient (Wildman–Crippen LogP) is 2.76. The second-order valence-corrected chi connectivity index (χ2v) is 8.52. The number of rotatable bonds is 4. The van der Waals surface area contributed by atoms with Gasteiger partial charge in [0.25, 0.3) is 17.0 Å². The van der Waals surface area contributed by atoms with Gasteiger partial charge in [0.2, 0.25) is 5.91 Å². The molecule has 4 rings (SSSR count). The van der Waals surface area contributed by atoms with Gasteiger partial charge in [-0.3, -0.25) is 9.59 Å². The zero-order valence-electron chi connectivity index (χ0n) is 18.2. The second kappa shape index (κ2) is 8.58. The topological polar surface area (TPSA) is 99.3 Å². The van der Waals surface area contributed by atoms with E-state index in [9.17, 15) is 14.7 Å². The Bertz CT molecular complexity index is 1230. The third-order valence-corrected chi connectivity index (χ3v) is 5.82. The average molecular weight is 451 g/mol. The van der Waals surface area contributed by atoms with Crippen LogP contribution >= 0.6 is 11.8 Å². The summed E-state index contributed by atoms with van der Waals surface area (Å²) in [5.74, 6) is -0.139. The number of carbonyl (C=O) groups is 2. The quantitative estimate of drug-likeness (QED) is 0.261. The number of hydrogen-bond donors (Lipinski definition) is 0. The molecular weight excluding hydrogens is 428 g/mol. The summed E-state index contributed by atoms with van der Waals surface area (Å²) < 4.78 is 7.08. The van der Waals surface area contributed by atoms with Crippen molar-refractivity contribution in [3.63, 3.8) is 0 Å². The van der Waals surface area contributed by atoms with Crippen LogP contribution in [0.15, 0.2) is 47.6 Å². The van der Waals surface area contributed by atoms with E-state index in [0.29, 0.717) is 33.5 Å². The fraction of sp³-hybridized carbons (Fsp3) is 0.261. The van der Waals surface area contributed by atoms with E-state index in [1.165, 1.54) is 30.3 Å². The minimum Gasteiger partial charge on any atom is -0.854 e. The van der Waals surface area contributed by atoms with Crippen LogP contribution in [0.2, 0.25) is 0 Å². The predicted molar refractivity (Wildman–Crippen MR) is 117 cm³/mol. The van der Waals surface area contributed by atoms with Crippen molar-refractivity contribution < 1.29 is 24.1 Å². The molecule has 0 spiro atoms. The zero-order chi connectivity index (χ0) is 23.0. The number of esters is 1. The van der Waals surface area contributed by atoms with E-state index in [0.717, 1.165) is 5.56 Å². The van der Waals surface area contributed by atoms with Crippen molar-refractivity contribution in [2.45, 2.75) is 39.0 Å². The maximum absolute atomic E-state index is 13.1. The number of anilines is 1. The lowest BCUT2D eigenvalue weighted by atomic mass is 9.99. The van der Waals surface area contributed by atoms with Gasteiger partial charge in [-0.15, -0.1) is 0 Å². The lowest BCUT2D eigenvalue weighted by Crippen LogP contribution is -2.59. The number of benzene rings is 2. The number of ether oxygens (including phenoxy) is 1. The summed E-state index contributed by atoms with van der Waals surface area (Å²) in [5.41, 5.74) is 2.68. The van der Waals surface area contributed by atoms with Crippen LogP contribution in [0.25, 0.3) is 11.3 Å². The van der Waals surface area contributed by atoms with Crippen LogP contribution in [0.1, 0.15) is 38.1 Å². The number of para-hydroxylation sites is 2. The zero-order valence-corrected chi connectivity index (χ0v) is 19.0. The molecule has 1 aliphatic heterocycles. The first-order valence-electron chi connectivity index (χ1n) is 10.1. The summed E-state index contributed by atoms with van der Waals surface area (Å²) in [6.07, 6.45) is -0.835. The molecule has 0 bridgehead atoms. The lowest BCUT2D eigenvalue weighted by molar-refractivity contribution is -0.764. The number of nitrogens with zero attached hydrogens (tertiary/aromatic N) is 4. The highest BCUT2D eigenvalue weighted by Gasteiger charge is 2.45. The third-order valence-electron chi connectivity index (χ3n) is 5.10. The molecule has 1 aliphatic rings. The molecule has 1 unspecified atom stereocenters. The molecule has 1 amide bonds. The van der Waals surface area contributed by atoms with Gasteiger partial charge >= 0.3 is 5.97 Å². The molecule has 3 aromatic rings. The van der Waals surface area contributed by atoms with Gasteiger partial charge in [0.05, 0.1) is 22.7 Å². The van der Waals surface area contributed by atoms with Crippen molar-refractivity contribution in [3.05, 3.63) is 53.6 Å². The van der Waals surface area contributed by atoms with E-state index < -0.39 is 18.0 Å². The number of fused-ring (bicyclic) bond motifs is 3. The van der Waals surface area contributed by atoms with Gasteiger partial charge in [0.15, 0.2) is 0 Å². The second-order valence-electron chi connectivity index (χ2n) is 7.29. The SMILES string of the molecule is CCSc1nc([O-])c2[n+](n1)C(c1cccc(C)c1OC(C)=O)N(C(C)=O)c1ccccc1-2. The lowest BCUT2D eigenvalue weighted by Gasteiger charge is -2.33. The summed E-state index contributed by atoms with van der Waals surface area (Å²) in [6, 6.07) is 12.6. The highest BCUT2D eigenvalue weighted by atomic mass is 32.2. The number of aryl methyl sites for hydroxylation is 1. The smallest absolute Gasteiger partial charge is 0.308 e. The van der Waals surface area contributed by atoms with E-state index in [1.807, 2.05) is 26.0 Å².